The lowest BCUT2D eigenvalue weighted by molar-refractivity contribution is -0.154. The van der Waals surface area contributed by atoms with Gasteiger partial charge in [-0.2, -0.15) is 0 Å². The van der Waals surface area contributed by atoms with Crippen LogP contribution in [0.15, 0.2) is 42.5 Å². The molecule has 1 fully saturated rings. The molecule has 0 bridgehead atoms. The van der Waals surface area contributed by atoms with E-state index in [4.69, 9.17) is 4.74 Å². The number of likely N-dealkylation sites (tertiary alicyclic amines) is 1. The van der Waals surface area contributed by atoms with Gasteiger partial charge >= 0.3 is 5.97 Å². The van der Waals surface area contributed by atoms with Gasteiger partial charge in [0.05, 0.1) is 19.3 Å². The molecule has 0 saturated carbocycles. The maximum atomic E-state index is 14.3. The molecule has 0 aromatic heterocycles. The largest absolute Gasteiger partial charge is 0.468 e. The topological polar surface area (TPSA) is 66.9 Å². The van der Waals surface area contributed by atoms with E-state index in [2.05, 4.69) is 0 Å². The van der Waals surface area contributed by atoms with Gasteiger partial charge in [0.2, 0.25) is 5.91 Å². The number of halogens is 2. The van der Waals surface area contributed by atoms with E-state index in [-0.39, 0.29) is 36.5 Å². The molecule has 0 radical (unpaired) electrons. The number of nitrogens with zero attached hydrogens (tertiary/aromatic N) is 2. The van der Waals surface area contributed by atoms with Gasteiger partial charge in [-0.1, -0.05) is 25.1 Å². The number of hydrogen-bond donors (Lipinski definition) is 0. The Balaban J connectivity index is 1.59. The summed E-state index contributed by atoms with van der Waals surface area (Å²) in [5.74, 6) is -3.19. The number of rotatable bonds is 4. The normalized spacial score (nSPS) is 23.2. The summed E-state index contributed by atoms with van der Waals surface area (Å²) >= 11 is 0. The van der Waals surface area contributed by atoms with Crippen LogP contribution < -0.4 is 4.90 Å². The smallest absolute Gasteiger partial charge is 0.317 e. The molecule has 2 aliphatic rings. The van der Waals surface area contributed by atoms with Gasteiger partial charge in [0.25, 0.3) is 0 Å². The van der Waals surface area contributed by atoms with Crippen molar-refractivity contribution in [2.24, 2.45) is 11.8 Å². The quantitative estimate of drug-likeness (QED) is 0.505. The molecule has 2 aliphatic heterocycles. The number of hydrogen-bond acceptors (Lipinski definition) is 5. The van der Waals surface area contributed by atoms with Crippen molar-refractivity contribution in [2.45, 2.75) is 25.7 Å². The minimum absolute atomic E-state index is 0.00226. The predicted molar refractivity (Wildman–Crippen MR) is 122 cm³/mol. The van der Waals surface area contributed by atoms with E-state index in [1.807, 2.05) is 0 Å². The van der Waals surface area contributed by atoms with Crippen LogP contribution in [0.25, 0.3) is 0 Å². The monoisotopic (exact) mass is 470 g/mol. The van der Waals surface area contributed by atoms with Crippen LogP contribution in [0.2, 0.25) is 0 Å². The van der Waals surface area contributed by atoms with Crippen LogP contribution in [0.3, 0.4) is 0 Å². The first-order valence-corrected chi connectivity index (χ1v) is 11.5. The van der Waals surface area contributed by atoms with E-state index in [1.165, 1.54) is 31.4 Å². The second kappa shape index (κ2) is 10.0. The summed E-state index contributed by atoms with van der Waals surface area (Å²) in [7, 11) is 1.24. The number of Topliss-reactive ketones (excluding diaryl/α,β-unsaturated/α-hetero) is 1. The third-order valence-corrected chi connectivity index (χ3v) is 6.75. The van der Waals surface area contributed by atoms with E-state index < -0.39 is 23.6 Å². The Labute approximate surface area is 197 Å². The molecule has 3 unspecified atom stereocenters. The first kappa shape index (κ1) is 24.0. The van der Waals surface area contributed by atoms with Crippen molar-refractivity contribution < 1.29 is 27.9 Å². The van der Waals surface area contributed by atoms with Crippen molar-refractivity contribution >= 4 is 23.3 Å². The summed E-state index contributed by atoms with van der Waals surface area (Å²) in [6.45, 7) is 2.63. The van der Waals surface area contributed by atoms with Crippen LogP contribution in [0.1, 0.15) is 36.8 Å². The maximum absolute atomic E-state index is 14.3. The number of piperidine rings is 1. The number of ether oxygens (including phenoxy) is 1. The number of methoxy groups -OCH3 is 1. The van der Waals surface area contributed by atoms with E-state index in [0.717, 1.165) is 17.5 Å². The molecule has 1 saturated heterocycles. The van der Waals surface area contributed by atoms with Gasteiger partial charge in [0, 0.05) is 31.5 Å². The first-order chi connectivity index (χ1) is 16.3. The molecule has 6 nitrogen and oxygen atoms in total. The SMILES string of the molecule is COC(=O)C1CN(CC(=O)N2CCCC(c3ccc(F)cc3)c3ccc(F)cc32)CC(C)C1=O. The van der Waals surface area contributed by atoms with Crippen molar-refractivity contribution in [3.05, 3.63) is 65.2 Å². The van der Waals surface area contributed by atoms with E-state index in [1.54, 1.807) is 34.9 Å². The Morgan fingerprint density at radius 3 is 2.47 bits per heavy atom. The van der Waals surface area contributed by atoms with Crippen LogP contribution in [0.4, 0.5) is 14.5 Å². The van der Waals surface area contributed by atoms with Crippen molar-refractivity contribution in [1.29, 1.82) is 0 Å². The van der Waals surface area contributed by atoms with Crippen molar-refractivity contribution in [3.8, 4) is 0 Å². The average molecular weight is 471 g/mol. The Hall–Kier alpha value is -3.13. The van der Waals surface area contributed by atoms with Crippen molar-refractivity contribution in [2.75, 3.05) is 38.2 Å². The Morgan fingerprint density at radius 2 is 1.76 bits per heavy atom. The van der Waals surface area contributed by atoms with E-state index in [0.29, 0.717) is 25.2 Å². The highest BCUT2D eigenvalue weighted by atomic mass is 19.1. The molecule has 4 rings (SSSR count). The highest BCUT2D eigenvalue weighted by molar-refractivity contribution is 6.01. The van der Waals surface area contributed by atoms with Gasteiger partial charge < -0.3 is 9.64 Å². The second-order valence-corrected chi connectivity index (χ2v) is 9.07. The fraction of sp³-hybridized carbons (Fsp3) is 0.423. The van der Waals surface area contributed by atoms with Gasteiger partial charge in [-0.25, -0.2) is 8.78 Å². The number of anilines is 1. The number of fused-ring (bicyclic) bond motifs is 1. The molecule has 1 amide bonds. The molecule has 0 aliphatic carbocycles. The molecule has 2 aromatic rings. The van der Waals surface area contributed by atoms with Gasteiger partial charge in [0.15, 0.2) is 5.78 Å². The number of benzene rings is 2. The Kier molecular flexibility index (Phi) is 7.07. The molecule has 3 atom stereocenters. The molecule has 180 valence electrons. The molecule has 2 aromatic carbocycles. The molecule has 2 heterocycles. The summed E-state index contributed by atoms with van der Waals surface area (Å²) in [6.07, 6.45) is 1.41. The summed E-state index contributed by atoms with van der Waals surface area (Å²) in [4.78, 5) is 41.3. The molecule has 0 spiro atoms. The third kappa shape index (κ3) is 4.87. The average Bonchev–Trinajstić information content (AvgIpc) is 3.00. The molecular weight excluding hydrogens is 442 g/mol. The minimum atomic E-state index is -0.918. The van der Waals surface area contributed by atoms with Gasteiger partial charge in [0.1, 0.15) is 17.6 Å². The van der Waals surface area contributed by atoms with Gasteiger partial charge in [-0.3, -0.25) is 19.3 Å². The van der Waals surface area contributed by atoms with Gasteiger partial charge in [-0.05, 0) is 48.2 Å². The standard InChI is InChI=1S/C26H28F2N2O4/c1-16-13-29(14-22(25(16)32)26(33)34-2)15-24(31)30-11-3-4-20(17-5-7-18(27)8-6-17)21-10-9-19(28)12-23(21)30/h5-10,12,16,20,22H,3-4,11,13-15H2,1-2H3. The summed E-state index contributed by atoms with van der Waals surface area (Å²) in [5, 5.41) is 0. The third-order valence-electron chi connectivity index (χ3n) is 6.75. The van der Waals surface area contributed by atoms with Crippen LogP contribution in [0.5, 0.6) is 0 Å². The Morgan fingerprint density at radius 1 is 1.06 bits per heavy atom. The van der Waals surface area contributed by atoms with Crippen LogP contribution in [0, 0.1) is 23.5 Å². The fourth-order valence-corrected chi connectivity index (χ4v) is 5.06. The summed E-state index contributed by atoms with van der Waals surface area (Å²) in [5.41, 5.74) is 2.23. The predicted octanol–water partition coefficient (Wildman–Crippen LogP) is 3.53. The van der Waals surface area contributed by atoms with Crippen LogP contribution in [-0.4, -0.2) is 55.8 Å². The minimum Gasteiger partial charge on any atom is -0.468 e. The number of carbonyl (C=O) groups excluding carboxylic acids is 3. The van der Waals surface area contributed by atoms with Crippen molar-refractivity contribution in [3.63, 3.8) is 0 Å². The van der Waals surface area contributed by atoms with E-state index >= 15 is 0 Å². The Bertz CT molecular complexity index is 1090. The zero-order valence-electron chi connectivity index (χ0n) is 19.3. The number of esters is 1. The number of carbonyl (C=O) groups is 3. The fourth-order valence-electron chi connectivity index (χ4n) is 5.06. The highest BCUT2D eigenvalue weighted by Gasteiger charge is 2.39. The molecule has 8 heteroatoms. The number of amides is 1. The van der Waals surface area contributed by atoms with E-state index in [9.17, 15) is 23.2 Å². The molecule has 34 heavy (non-hydrogen) atoms. The van der Waals surface area contributed by atoms with Gasteiger partial charge in [-0.15, -0.1) is 0 Å². The zero-order chi connectivity index (χ0) is 24.4. The number of ketones is 1. The second-order valence-electron chi connectivity index (χ2n) is 9.07. The molecular formula is C26H28F2N2O4. The van der Waals surface area contributed by atoms with Crippen LogP contribution >= 0.6 is 0 Å². The highest BCUT2D eigenvalue weighted by Crippen LogP contribution is 2.39. The lowest BCUT2D eigenvalue weighted by Gasteiger charge is -2.35. The lowest BCUT2D eigenvalue weighted by Crippen LogP contribution is -2.52. The maximum Gasteiger partial charge on any atom is 0.317 e. The summed E-state index contributed by atoms with van der Waals surface area (Å²) in [6, 6.07) is 10.7. The lowest BCUT2D eigenvalue weighted by atomic mass is 9.87. The summed E-state index contributed by atoms with van der Waals surface area (Å²) < 4.78 is 32.5. The zero-order valence-corrected chi connectivity index (χ0v) is 19.3. The first-order valence-electron chi connectivity index (χ1n) is 11.5. The van der Waals surface area contributed by atoms with Crippen molar-refractivity contribution in [1.82, 2.24) is 4.90 Å². The molecule has 0 N–H and O–H groups in total. The van der Waals surface area contributed by atoms with Crippen LogP contribution in [-0.2, 0) is 19.1 Å².